The molecule has 0 heterocycles. The standard InChI is InChI=1S/C14H10Br2F3NO/c15-9-2-3-12(10(6-9)14(17,18)19)20-7-8-1-4-13(21)11(16)5-8/h1-6,20-21H,7H2. The molecule has 7 heteroatoms. The smallest absolute Gasteiger partial charge is 0.418 e. The third-order valence-corrected chi connectivity index (χ3v) is 3.91. The first-order valence-corrected chi connectivity index (χ1v) is 7.44. The summed E-state index contributed by atoms with van der Waals surface area (Å²) in [6.45, 7) is 0.212. The Kier molecular flexibility index (Phi) is 4.83. The van der Waals surface area contributed by atoms with Crippen molar-refractivity contribution in [1.82, 2.24) is 0 Å². The molecule has 0 fully saturated rings. The Morgan fingerprint density at radius 2 is 1.76 bits per heavy atom. The molecule has 2 rings (SSSR count). The van der Waals surface area contributed by atoms with E-state index in [0.717, 1.165) is 11.6 Å². The molecule has 0 spiro atoms. The number of benzene rings is 2. The maximum Gasteiger partial charge on any atom is 0.418 e. The van der Waals surface area contributed by atoms with Crippen LogP contribution in [0.5, 0.6) is 5.75 Å². The summed E-state index contributed by atoms with van der Waals surface area (Å²) in [4.78, 5) is 0. The van der Waals surface area contributed by atoms with Crippen LogP contribution in [-0.4, -0.2) is 5.11 Å². The summed E-state index contributed by atoms with van der Waals surface area (Å²) in [7, 11) is 0. The first-order valence-electron chi connectivity index (χ1n) is 5.85. The molecule has 0 aliphatic rings. The summed E-state index contributed by atoms with van der Waals surface area (Å²) in [6, 6.07) is 8.72. The van der Waals surface area contributed by atoms with Crippen molar-refractivity contribution in [3.8, 4) is 5.75 Å². The third kappa shape index (κ3) is 4.14. The fraction of sp³-hybridized carbons (Fsp3) is 0.143. The van der Waals surface area contributed by atoms with Crippen molar-refractivity contribution in [2.45, 2.75) is 12.7 Å². The van der Waals surface area contributed by atoms with Crippen LogP contribution in [0.2, 0.25) is 0 Å². The summed E-state index contributed by atoms with van der Waals surface area (Å²) in [5, 5.41) is 12.2. The lowest BCUT2D eigenvalue weighted by Crippen LogP contribution is -2.10. The average molecular weight is 425 g/mol. The summed E-state index contributed by atoms with van der Waals surface area (Å²) in [6.07, 6.45) is -4.43. The van der Waals surface area contributed by atoms with E-state index in [1.807, 2.05) is 0 Å². The predicted molar refractivity (Wildman–Crippen MR) is 82.3 cm³/mol. The van der Waals surface area contributed by atoms with Crippen molar-refractivity contribution in [1.29, 1.82) is 0 Å². The van der Waals surface area contributed by atoms with Gasteiger partial charge in [0.25, 0.3) is 0 Å². The molecule has 0 atom stereocenters. The molecule has 0 aliphatic carbocycles. The number of hydrogen-bond donors (Lipinski definition) is 2. The quantitative estimate of drug-likeness (QED) is 0.677. The number of aromatic hydroxyl groups is 1. The molecule has 2 N–H and O–H groups in total. The van der Waals surface area contributed by atoms with Crippen LogP contribution in [0.1, 0.15) is 11.1 Å². The predicted octanol–water partition coefficient (Wildman–Crippen LogP) is 5.55. The van der Waals surface area contributed by atoms with Gasteiger partial charge in [-0.05, 0) is 51.8 Å². The Balaban J connectivity index is 2.22. The highest BCUT2D eigenvalue weighted by atomic mass is 79.9. The van der Waals surface area contributed by atoms with Gasteiger partial charge in [-0.2, -0.15) is 13.2 Å². The highest BCUT2D eigenvalue weighted by molar-refractivity contribution is 9.10. The van der Waals surface area contributed by atoms with E-state index in [4.69, 9.17) is 0 Å². The van der Waals surface area contributed by atoms with Crippen molar-refractivity contribution in [2.75, 3.05) is 5.32 Å². The molecule has 0 amide bonds. The Bertz CT molecular complexity index is 659. The van der Waals surface area contributed by atoms with E-state index in [1.165, 1.54) is 12.1 Å². The molecular weight excluding hydrogens is 415 g/mol. The van der Waals surface area contributed by atoms with Gasteiger partial charge in [0.15, 0.2) is 0 Å². The van der Waals surface area contributed by atoms with Gasteiger partial charge in [-0.3, -0.25) is 0 Å². The Morgan fingerprint density at radius 3 is 2.38 bits per heavy atom. The van der Waals surface area contributed by atoms with Crippen LogP contribution >= 0.6 is 31.9 Å². The Morgan fingerprint density at radius 1 is 1.05 bits per heavy atom. The monoisotopic (exact) mass is 423 g/mol. The topological polar surface area (TPSA) is 32.3 Å². The number of nitrogens with one attached hydrogen (secondary N) is 1. The minimum absolute atomic E-state index is 0.00916. The number of rotatable bonds is 3. The van der Waals surface area contributed by atoms with Crippen LogP contribution < -0.4 is 5.32 Å². The minimum Gasteiger partial charge on any atom is -0.507 e. The Hall–Kier alpha value is -1.21. The zero-order valence-corrected chi connectivity index (χ0v) is 13.7. The number of halogens is 5. The zero-order valence-electron chi connectivity index (χ0n) is 10.5. The summed E-state index contributed by atoms with van der Waals surface area (Å²) in [5.74, 6) is 0.0818. The molecule has 21 heavy (non-hydrogen) atoms. The van der Waals surface area contributed by atoms with E-state index < -0.39 is 11.7 Å². The lowest BCUT2D eigenvalue weighted by molar-refractivity contribution is -0.137. The fourth-order valence-corrected chi connectivity index (χ4v) is 2.55. The van der Waals surface area contributed by atoms with Crippen molar-refractivity contribution < 1.29 is 18.3 Å². The molecule has 0 saturated heterocycles. The lowest BCUT2D eigenvalue weighted by atomic mass is 10.1. The largest absolute Gasteiger partial charge is 0.507 e. The number of hydrogen-bond acceptors (Lipinski definition) is 2. The number of phenolic OH excluding ortho intramolecular Hbond substituents is 1. The van der Waals surface area contributed by atoms with Crippen LogP contribution in [0.25, 0.3) is 0 Å². The molecule has 0 aliphatic heterocycles. The fourth-order valence-electron chi connectivity index (χ4n) is 1.76. The SMILES string of the molecule is Oc1ccc(CNc2ccc(Br)cc2C(F)(F)F)cc1Br. The van der Waals surface area contributed by atoms with Crippen LogP contribution in [-0.2, 0) is 12.7 Å². The lowest BCUT2D eigenvalue weighted by Gasteiger charge is -2.15. The van der Waals surface area contributed by atoms with Gasteiger partial charge in [0.2, 0.25) is 0 Å². The molecule has 0 unspecified atom stereocenters. The van der Waals surface area contributed by atoms with Gasteiger partial charge in [-0.15, -0.1) is 0 Å². The van der Waals surface area contributed by atoms with E-state index in [0.29, 0.717) is 8.95 Å². The van der Waals surface area contributed by atoms with E-state index in [1.54, 1.807) is 18.2 Å². The van der Waals surface area contributed by atoms with Gasteiger partial charge in [0.1, 0.15) is 5.75 Å². The molecule has 0 radical (unpaired) electrons. The van der Waals surface area contributed by atoms with Gasteiger partial charge in [-0.1, -0.05) is 22.0 Å². The van der Waals surface area contributed by atoms with Gasteiger partial charge >= 0.3 is 6.18 Å². The van der Waals surface area contributed by atoms with Crippen molar-refractivity contribution >= 4 is 37.5 Å². The van der Waals surface area contributed by atoms with Crippen molar-refractivity contribution in [3.63, 3.8) is 0 Å². The summed E-state index contributed by atoms with van der Waals surface area (Å²) in [5.41, 5.74) is 0.0281. The highest BCUT2D eigenvalue weighted by Crippen LogP contribution is 2.36. The molecule has 2 aromatic rings. The molecule has 0 aromatic heterocycles. The second-order valence-corrected chi connectivity index (χ2v) is 6.10. The van der Waals surface area contributed by atoms with Crippen molar-refractivity contribution in [3.05, 3.63) is 56.5 Å². The van der Waals surface area contributed by atoms with Gasteiger partial charge < -0.3 is 10.4 Å². The summed E-state index contributed by atoms with van der Waals surface area (Å²) >= 11 is 6.20. The highest BCUT2D eigenvalue weighted by Gasteiger charge is 2.33. The third-order valence-electron chi connectivity index (χ3n) is 2.78. The van der Waals surface area contributed by atoms with Crippen molar-refractivity contribution in [2.24, 2.45) is 0 Å². The van der Waals surface area contributed by atoms with Gasteiger partial charge in [-0.25, -0.2) is 0 Å². The number of alkyl halides is 3. The van der Waals surface area contributed by atoms with Gasteiger partial charge in [0.05, 0.1) is 10.0 Å². The molecule has 2 aromatic carbocycles. The van der Waals surface area contributed by atoms with Crippen LogP contribution in [0, 0.1) is 0 Å². The zero-order chi connectivity index (χ0) is 15.6. The molecule has 112 valence electrons. The second-order valence-electron chi connectivity index (χ2n) is 4.33. The maximum absolute atomic E-state index is 13.0. The number of anilines is 1. The summed E-state index contributed by atoms with van der Waals surface area (Å²) < 4.78 is 39.8. The van der Waals surface area contributed by atoms with E-state index in [-0.39, 0.29) is 18.0 Å². The molecular formula is C14H10Br2F3NO. The number of phenols is 1. The van der Waals surface area contributed by atoms with Crippen LogP contribution in [0.15, 0.2) is 45.3 Å². The van der Waals surface area contributed by atoms with Gasteiger partial charge in [0, 0.05) is 16.7 Å². The second kappa shape index (κ2) is 6.27. The van der Waals surface area contributed by atoms with E-state index >= 15 is 0 Å². The van der Waals surface area contributed by atoms with Crippen LogP contribution in [0.4, 0.5) is 18.9 Å². The van der Waals surface area contributed by atoms with E-state index in [2.05, 4.69) is 37.2 Å². The van der Waals surface area contributed by atoms with E-state index in [9.17, 15) is 18.3 Å². The first kappa shape index (κ1) is 16.2. The van der Waals surface area contributed by atoms with Crippen LogP contribution in [0.3, 0.4) is 0 Å². The maximum atomic E-state index is 13.0. The molecule has 2 nitrogen and oxygen atoms in total. The Labute approximate surface area is 136 Å². The minimum atomic E-state index is -4.43. The average Bonchev–Trinajstić information content (AvgIpc) is 2.40. The first-order chi connectivity index (χ1) is 9.77. The molecule has 0 saturated carbocycles. The normalized spacial score (nSPS) is 11.5. The molecule has 0 bridgehead atoms.